The van der Waals surface area contributed by atoms with Crippen molar-refractivity contribution >= 4 is 11.9 Å². The van der Waals surface area contributed by atoms with Gasteiger partial charge in [0.1, 0.15) is 0 Å². The summed E-state index contributed by atoms with van der Waals surface area (Å²) in [5, 5.41) is 16.8. The Labute approximate surface area is 134 Å². The minimum absolute atomic E-state index is 0. The third-order valence-corrected chi connectivity index (χ3v) is 3.28. The number of carbonyl (C=O) groups is 2. The van der Waals surface area contributed by atoms with Crippen LogP contribution in [0.4, 0.5) is 0 Å². The molecule has 3 atom stereocenters. The van der Waals surface area contributed by atoms with Gasteiger partial charge in [0.2, 0.25) is 0 Å². The zero-order chi connectivity index (χ0) is 15.0. The Morgan fingerprint density at radius 3 is 1.65 bits per heavy atom. The van der Waals surface area contributed by atoms with Crippen molar-refractivity contribution in [2.24, 2.45) is 11.8 Å². The summed E-state index contributed by atoms with van der Waals surface area (Å²) in [4.78, 5) is 20.6. The Bertz CT molecular complexity index is 290. The van der Waals surface area contributed by atoms with E-state index in [4.69, 9.17) is 21.7 Å². The maximum Gasteiger partial charge on any atom is 2.00 e. The van der Waals surface area contributed by atoms with Crippen molar-refractivity contribution in [3.05, 3.63) is 11.5 Å². The third kappa shape index (κ3) is 9.45. The van der Waals surface area contributed by atoms with Crippen LogP contribution in [0.25, 0.3) is 11.5 Å². The molecule has 3 unspecified atom stereocenters. The summed E-state index contributed by atoms with van der Waals surface area (Å²) in [6, 6.07) is -0.160. The monoisotopic (exact) mass is 467 g/mol. The van der Waals surface area contributed by atoms with Gasteiger partial charge in [-0.15, -0.1) is 0 Å². The van der Waals surface area contributed by atoms with E-state index < -0.39 is 17.9 Å². The molecule has 0 aromatic heterocycles. The Balaban J connectivity index is 0. The molecule has 0 bridgehead atoms. The van der Waals surface area contributed by atoms with Crippen LogP contribution in [0.5, 0.6) is 0 Å². The Morgan fingerprint density at radius 2 is 1.50 bits per heavy atom. The predicted molar refractivity (Wildman–Crippen MR) is 72.9 cm³/mol. The molecule has 0 spiro atoms. The standard InChI is InChI=1S/C7H12O4.C6H12N2.Pt/c1-4(2)5(7(10)11)3-6(8)9;7-5-3-1-2-4-6(5)8;/h4-5H,3H2,1-2H3,(H,8,9)(H,10,11);5-8H,1-4H2;/q;-2;+2. The van der Waals surface area contributed by atoms with E-state index in [9.17, 15) is 9.59 Å². The van der Waals surface area contributed by atoms with Crippen molar-refractivity contribution in [2.75, 3.05) is 0 Å². The fourth-order valence-corrected chi connectivity index (χ4v) is 1.93. The molecule has 4 N–H and O–H groups in total. The second-order valence-corrected chi connectivity index (χ2v) is 5.28. The van der Waals surface area contributed by atoms with Crippen LogP contribution in [0, 0.1) is 11.8 Å². The first kappa shape index (κ1) is 21.8. The summed E-state index contributed by atoms with van der Waals surface area (Å²) in [5.74, 6) is -3.01. The average Bonchev–Trinajstić information content (AvgIpc) is 2.30. The van der Waals surface area contributed by atoms with Gasteiger partial charge in [0.05, 0.1) is 12.3 Å². The summed E-state index contributed by atoms with van der Waals surface area (Å²) in [7, 11) is 0. The van der Waals surface area contributed by atoms with Gasteiger partial charge in [-0.2, -0.15) is 12.1 Å². The molecule has 1 aliphatic rings. The first-order valence-electron chi connectivity index (χ1n) is 6.62. The van der Waals surface area contributed by atoms with Crippen LogP contribution in [0.3, 0.4) is 0 Å². The van der Waals surface area contributed by atoms with Gasteiger partial charge in [-0.25, -0.2) is 0 Å². The van der Waals surface area contributed by atoms with Crippen LogP contribution in [-0.4, -0.2) is 34.2 Å². The smallest absolute Gasteiger partial charge is 0.676 e. The molecule has 1 rings (SSSR count). The van der Waals surface area contributed by atoms with Gasteiger partial charge >= 0.3 is 33.0 Å². The number of hydrogen-bond donors (Lipinski definition) is 2. The summed E-state index contributed by atoms with van der Waals surface area (Å²) in [5.41, 5.74) is 14.6. The number of carboxylic acid groups (broad SMARTS) is 2. The Kier molecular flexibility index (Phi) is 12.3. The van der Waals surface area contributed by atoms with Gasteiger partial charge in [0.15, 0.2) is 0 Å². The van der Waals surface area contributed by atoms with Crippen molar-refractivity contribution in [1.29, 1.82) is 0 Å². The molecule has 0 amide bonds. The van der Waals surface area contributed by atoms with Gasteiger partial charge in [-0.1, -0.05) is 39.5 Å². The van der Waals surface area contributed by atoms with E-state index in [0.717, 1.165) is 12.8 Å². The van der Waals surface area contributed by atoms with Crippen LogP contribution < -0.4 is 0 Å². The van der Waals surface area contributed by atoms with E-state index in [2.05, 4.69) is 0 Å². The zero-order valence-electron chi connectivity index (χ0n) is 11.9. The van der Waals surface area contributed by atoms with Gasteiger partial charge in [0, 0.05) is 0 Å². The van der Waals surface area contributed by atoms with E-state index in [1.165, 1.54) is 12.8 Å². The predicted octanol–water partition coefficient (Wildman–Crippen LogP) is 3.22. The molecular formula is C13H24N2O4Pt. The van der Waals surface area contributed by atoms with E-state index >= 15 is 0 Å². The van der Waals surface area contributed by atoms with Gasteiger partial charge < -0.3 is 21.7 Å². The number of nitrogens with one attached hydrogen (secondary N) is 2. The van der Waals surface area contributed by atoms with Crippen LogP contribution in [-0.2, 0) is 30.7 Å². The van der Waals surface area contributed by atoms with Gasteiger partial charge in [-0.3, -0.25) is 9.59 Å². The molecule has 6 nitrogen and oxygen atoms in total. The molecule has 0 aliphatic heterocycles. The van der Waals surface area contributed by atoms with Crippen molar-refractivity contribution in [2.45, 2.75) is 58.0 Å². The van der Waals surface area contributed by atoms with E-state index in [0.29, 0.717) is 0 Å². The quantitative estimate of drug-likeness (QED) is 0.659. The molecule has 1 aliphatic carbocycles. The maximum absolute atomic E-state index is 10.4. The molecule has 1 saturated carbocycles. The summed E-state index contributed by atoms with van der Waals surface area (Å²) in [6.45, 7) is 3.39. The molecule has 0 saturated heterocycles. The minimum Gasteiger partial charge on any atom is -0.676 e. The SMILES string of the molecule is CC(C)C(CC(=O)O)C(=O)O.[NH-]C1CCCCC1[NH-].[Pt+2]. The molecule has 0 heterocycles. The fraction of sp³-hybridized carbons (Fsp3) is 0.846. The molecule has 7 heteroatoms. The molecule has 120 valence electrons. The summed E-state index contributed by atoms with van der Waals surface area (Å²) >= 11 is 0. The van der Waals surface area contributed by atoms with Gasteiger partial charge in [0.25, 0.3) is 0 Å². The normalized spacial score (nSPS) is 23.1. The molecule has 1 fully saturated rings. The number of rotatable bonds is 4. The summed E-state index contributed by atoms with van der Waals surface area (Å²) < 4.78 is 0. The van der Waals surface area contributed by atoms with E-state index in [1.54, 1.807) is 13.8 Å². The van der Waals surface area contributed by atoms with Crippen molar-refractivity contribution in [1.82, 2.24) is 0 Å². The third-order valence-electron chi connectivity index (χ3n) is 3.28. The molecular weight excluding hydrogens is 443 g/mol. The average molecular weight is 467 g/mol. The zero-order valence-corrected chi connectivity index (χ0v) is 14.1. The largest absolute Gasteiger partial charge is 2.00 e. The summed E-state index contributed by atoms with van der Waals surface area (Å²) in [6.07, 6.45) is 3.95. The molecule has 0 aromatic rings. The minimum atomic E-state index is -1.06. The number of hydrogen-bond acceptors (Lipinski definition) is 2. The molecule has 20 heavy (non-hydrogen) atoms. The maximum atomic E-state index is 10.4. The van der Waals surface area contributed by atoms with Crippen LogP contribution in [0.1, 0.15) is 46.0 Å². The van der Waals surface area contributed by atoms with Crippen LogP contribution in [0.2, 0.25) is 0 Å². The van der Waals surface area contributed by atoms with Crippen LogP contribution in [0.15, 0.2) is 0 Å². The number of carboxylic acids is 2. The first-order valence-corrected chi connectivity index (χ1v) is 6.62. The second kappa shape index (κ2) is 11.2. The Hall–Kier alpha value is -0.452. The van der Waals surface area contributed by atoms with Crippen molar-refractivity contribution in [3.63, 3.8) is 0 Å². The Morgan fingerprint density at radius 1 is 1.10 bits per heavy atom. The van der Waals surface area contributed by atoms with Crippen molar-refractivity contribution in [3.8, 4) is 0 Å². The number of aliphatic carboxylic acids is 2. The fourth-order valence-electron chi connectivity index (χ4n) is 1.93. The van der Waals surface area contributed by atoms with Gasteiger partial charge in [-0.05, 0) is 5.92 Å². The molecule has 0 aromatic carbocycles. The topological polar surface area (TPSA) is 122 Å². The molecule has 0 radical (unpaired) electrons. The second-order valence-electron chi connectivity index (χ2n) is 5.28. The van der Waals surface area contributed by atoms with Crippen molar-refractivity contribution < 1.29 is 40.9 Å². The van der Waals surface area contributed by atoms with E-state index in [-0.39, 0.29) is 45.5 Å². The van der Waals surface area contributed by atoms with Crippen LogP contribution >= 0.6 is 0 Å². The first-order chi connectivity index (χ1) is 8.75. The van der Waals surface area contributed by atoms with E-state index in [1.807, 2.05) is 0 Å².